The Morgan fingerprint density at radius 3 is 1.76 bits per heavy atom. The first-order chi connectivity index (χ1) is 7.27. The van der Waals surface area contributed by atoms with Crippen molar-refractivity contribution < 1.29 is 54.2 Å². The Bertz CT molecular complexity index is 273. The molecule has 0 aliphatic carbocycles. The number of hydrogen-bond donors (Lipinski definition) is 4. The van der Waals surface area contributed by atoms with Crippen LogP contribution in [0.5, 0.6) is 0 Å². The van der Waals surface area contributed by atoms with E-state index in [4.69, 9.17) is 13.8 Å². The van der Waals surface area contributed by atoms with Crippen LogP contribution in [-0.2, 0) is 13.6 Å². The quantitative estimate of drug-likeness (QED) is 0.293. The van der Waals surface area contributed by atoms with Gasteiger partial charge in [-0.1, -0.05) is 25.3 Å². The Morgan fingerprint density at radius 2 is 1.59 bits per heavy atom. The fourth-order valence-corrected chi connectivity index (χ4v) is 2.04. The molecule has 3 N–H and O–H groups in total. The van der Waals surface area contributed by atoms with Gasteiger partial charge in [0.25, 0.3) is 10.5 Å². The fraction of sp³-hybridized carbons (Fsp3) is 0.667. The Balaban J connectivity index is -0.000000143. The second-order valence-electron chi connectivity index (χ2n) is 2.09. The van der Waals surface area contributed by atoms with E-state index >= 15 is 0 Å². The summed E-state index contributed by atoms with van der Waals surface area (Å²) in [5, 5.41) is 0.620. The van der Waals surface area contributed by atoms with E-state index in [0.29, 0.717) is 0 Å². The van der Waals surface area contributed by atoms with Gasteiger partial charge in [0.05, 0.1) is 13.2 Å². The molecule has 0 saturated heterocycles. The van der Waals surface area contributed by atoms with Crippen molar-refractivity contribution in [2.24, 2.45) is 5.73 Å². The molecule has 0 unspecified atom stereocenters. The second-order valence-corrected chi connectivity index (χ2v) is 4.67. The minimum Gasteiger partial charge on any atom is -1.00 e. The van der Waals surface area contributed by atoms with E-state index in [-0.39, 0.29) is 44.2 Å². The van der Waals surface area contributed by atoms with Crippen LogP contribution in [0.15, 0.2) is 0 Å². The number of nitrogens with two attached hydrogens (primary N) is 1. The van der Waals surface area contributed by atoms with Gasteiger partial charge in [0, 0.05) is 0 Å². The summed E-state index contributed by atoms with van der Waals surface area (Å²) < 4.78 is 20.9. The standard InChI is InChI=1S/C5H12NO4PS.CH3NOS.Na.H/c1-3-9-11(8,10-4-2)6-5(7)12;2-1(3)4;;/h3-4H2,1-2H3,(H2,6,7,8,12);(H3,2,3,4);;/q;;+1;-1. The van der Waals surface area contributed by atoms with Crippen LogP contribution in [-0.4, -0.2) is 23.7 Å². The number of carbonyl (C=O) groups excluding carboxylic acids is 2. The van der Waals surface area contributed by atoms with Gasteiger partial charge >= 0.3 is 37.3 Å². The fourth-order valence-electron chi connectivity index (χ4n) is 0.559. The van der Waals surface area contributed by atoms with Gasteiger partial charge in [0.2, 0.25) is 0 Å². The van der Waals surface area contributed by atoms with Gasteiger partial charge in [0.15, 0.2) is 0 Å². The van der Waals surface area contributed by atoms with Gasteiger partial charge in [-0.15, -0.1) is 0 Å². The molecule has 0 aliphatic heterocycles. The second kappa shape index (κ2) is 13.2. The monoisotopic (exact) mass is 314 g/mol. The smallest absolute Gasteiger partial charge is 1.00 e. The average molecular weight is 314 g/mol. The zero-order valence-electron chi connectivity index (χ0n) is 10.9. The number of nitrogens with one attached hydrogen (secondary N) is 1. The molecule has 2 amide bonds. The largest absolute Gasteiger partial charge is 1.00 e. The molecule has 0 atom stereocenters. The maximum atomic E-state index is 11.4. The van der Waals surface area contributed by atoms with Crippen LogP contribution in [0.25, 0.3) is 0 Å². The minimum atomic E-state index is -3.45. The molecule has 17 heavy (non-hydrogen) atoms. The van der Waals surface area contributed by atoms with Crippen LogP contribution in [0.2, 0.25) is 0 Å². The van der Waals surface area contributed by atoms with Crippen molar-refractivity contribution >= 4 is 43.5 Å². The molecule has 0 radical (unpaired) electrons. The van der Waals surface area contributed by atoms with Crippen LogP contribution in [0.4, 0.5) is 9.59 Å². The van der Waals surface area contributed by atoms with E-state index in [0.717, 1.165) is 0 Å². The van der Waals surface area contributed by atoms with Gasteiger partial charge in [-0.05, 0) is 13.8 Å². The molecule has 11 heteroatoms. The molecule has 0 bridgehead atoms. The summed E-state index contributed by atoms with van der Waals surface area (Å²) in [4.78, 5) is 19.5. The Kier molecular flexibility index (Phi) is 17.8. The molecule has 7 nitrogen and oxygen atoms in total. The molecule has 0 saturated carbocycles. The van der Waals surface area contributed by atoms with Crippen LogP contribution in [0.3, 0.4) is 0 Å². The number of primary amides is 1. The van der Waals surface area contributed by atoms with Crippen molar-refractivity contribution in [2.45, 2.75) is 13.8 Å². The SMILES string of the molecule is CCOP(=O)(NC(=O)S)OCC.NC(=O)S.[H-].[Na+]. The Morgan fingerprint density at radius 1 is 1.29 bits per heavy atom. The number of rotatable bonds is 5. The molecule has 0 aromatic carbocycles. The van der Waals surface area contributed by atoms with E-state index in [1.807, 2.05) is 5.09 Å². The van der Waals surface area contributed by atoms with Crippen molar-refractivity contribution in [1.82, 2.24) is 5.09 Å². The summed E-state index contributed by atoms with van der Waals surface area (Å²) in [7, 11) is -3.45. The third kappa shape index (κ3) is 19.3. The average Bonchev–Trinajstić information content (AvgIpc) is 2.00. The predicted molar refractivity (Wildman–Crippen MR) is 68.1 cm³/mol. The van der Waals surface area contributed by atoms with Crippen LogP contribution in [0, 0.1) is 0 Å². The van der Waals surface area contributed by atoms with Crippen molar-refractivity contribution in [3.05, 3.63) is 0 Å². The molecule has 0 heterocycles. The zero-order chi connectivity index (χ0) is 13.2. The summed E-state index contributed by atoms with van der Waals surface area (Å²) in [5.41, 5.74) is 4.34. The minimum absolute atomic E-state index is 0. The zero-order valence-corrected chi connectivity index (χ0v) is 14.6. The molecular formula is C6H16N2NaO5PS2. The first kappa shape index (κ1) is 22.9. The number of thiol groups is 2. The van der Waals surface area contributed by atoms with Crippen LogP contribution < -0.4 is 40.4 Å². The maximum Gasteiger partial charge on any atom is 1.00 e. The topological polar surface area (TPSA) is 108 Å². The molecule has 0 aromatic rings. The molecule has 0 rings (SSSR count). The molecule has 0 fully saturated rings. The van der Waals surface area contributed by atoms with Crippen molar-refractivity contribution in [1.29, 1.82) is 0 Å². The van der Waals surface area contributed by atoms with Crippen LogP contribution in [0.1, 0.15) is 15.3 Å². The molecule has 0 aromatic heterocycles. The Labute approximate surface area is 135 Å². The third-order valence-corrected chi connectivity index (χ3v) is 2.79. The first-order valence-corrected chi connectivity index (χ1v) is 6.59. The van der Waals surface area contributed by atoms with E-state index in [9.17, 15) is 9.36 Å². The van der Waals surface area contributed by atoms with Gasteiger partial charge in [-0.3, -0.25) is 23.7 Å². The summed E-state index contributed by atoms with van der Waals surface area (Å²) in [5.74, 6) is 0. The summed E-state index contributed by atoms with van der Waals surface area (Å²) in [6, 6.07) is 0. The molecular weight excluding hydrogens is 298 g/mol. The molecule has 98 valence electrons. The van der Waals surface area contributed by atoms with Crippen molar-refractivity contribution in [2.75, 3.05) is 13.2 Å². The summed E-state index contributed by atoms with van der Waals surface area (Å²) in [6.45, 7) is 3.70. The van der Waals surface area contributed by atoms with E-state index in [2.05, 4.69) is 31.0 Å². The number of hydrogen-bond acceptors (Lipinski definition) is 5. The van der Waals surface area contributed by atoms with Crippen molar-refractivity contribution in [3.63, 3.8) is 0 Å². The van der Waals surface area contributed by atoms with E-state index in [1.165, 1.54) is 0 Å². The Hall–Kier alpha value is 0.790. The maximum absolute atomic E-state index is 11.4. The van der Waals surface area contributed by atoms with E-state index < -0.39 is 18.2 Å². The van der Waals surface area contributed by atoms with Crippen LogP contribution >= 0.6 is 33.0 Å². The van der Waals surface area contributed by atoms with Gasteiger partial charge < -0.3 is 7.16 Å². The van der Waals surface area contributed by atoms with Crippen molar-refractivity contribution in [3.8, 4) is 0 Å². The van der Waals surface area contributed by atoms with E-state index in [1.54, 1.807) is 13.8 Å². The first-order valence-electron chi connectivity index (χ1n) is 4.16. The third-order valence-electron chi connectivity index (χ3n) is 0.831. The van der Waals surface area contributed by atoms with Gasteiger partial charge in [0.1, 0.15) is 0 Å². The normalized spacial score (nSPS) is 9.41. The predicted octanol–water partition coefficient (Wildman–Crippen LogP) is -1.08. The van der Waals surface area contributed by atoms with Gasteiger partial charge in [-0.2, -0.15) is 0 Å². The van der Waals surface area contributed by atoms with Gasteiger partial charge in [-0.25, -0.2) is 4.57 Å². The molecule has 0 aliphatic rings. The molecule has 0 spiro atoms. The summed E-state index contributed by atoms with van der Waals surface area (Å²) in [6.07, 6.45) is 0. The summed E-state index contributed by atoms with van der Waals surface area (Å²) >= 11 is 6.50. The number of carbonyl (C=O) groups is 2. The number of amides is 2.